The molecule has 2 rings (SSSR count). The van der Waals surface area contributed by atoms with E-state index >= 15 is 0 Å². The number of amides is 3. The molecule has 2 heterocycles. The third-order valence-electron chi connectivity index (χ3n) is 1.78. The van der Waals surface area contributed by atoms with Crippen molar-refractivity contribution >= 4 is 11.9 Å². The van der Waals surface area contributed by atoms with Gasteiger partial charge in [0.1, 0.15) is 12.2 Å². The second-order valence-corrected chi connectivity index (χ2v) is 2.50. The lowest BCUT2D eigenvalue weighted by Crippen LogP contribution is -2.64. The predicted molar refractivity (Wildman–Crippen MR) is 35.4 cm³/mol. The van der Waals surface area contributed by atoms with Crippen molar-refractivity contribution in [2.45, 2.75) is 12.2 Å². The maximum Gasteiger partial charge on any atom is 0.322 e. The third-order valence-corrected chi connectivity index (χ3v) is 1.78. The van der Waals surface area contributed by atoms with Crippen LogP contribution in [0, 0.1) is 0 Å². The molecule has 6 heteroatoms. The summed E-state index contributed by atoms with van der Waals surface area (Å²) in [6.45, 7) is 0.545. The summed E-state index contributed by atoms with van der Waals surface area (Å²) in [6, 6.07) is -0.764. The Labute approximate surface area is 62.7 Å². The summed E-state index contributed by atoms with van der Waals surface area (Å²) in [5.74, 6) is -0.274. The number of nitrogens with one attached hydrogen (secondary N) is 4. The largest absolute Gasteiger partial charge is 0.322 e. The van der Waals surface area contributed by atoms with E-state index in [1.807, 2.05) is 0 Å². The number of hydrogen-bond donors (Lipinski definition) is 4. The Hall–Kier alpha value is -1.14. The number of carbonyl (C=O) groups is 2. The van der Waals surface area contributed by atoms with Crippen LogP contribution >= 0.6 is 0 Å². The van der Waals surface area contributed by atoms with E-state index in [9.17, 15) is 9.59 Å². The molecule has 2 unspecified atom stereocenters. The minimum atomic E-state index is -0.438. The highest BCUT2D eigenvalue weighted by atomic mass is 16.2. The molecule has 0 radical (unpaired) electrons. The van der Waals surface area contributed by atoms with Gasteiger partial charge in [-0.25, -0.2) is 4.79 Å². The van der Waals surface area contributed by atoms with Crippen LogP contribution in [0.3, 0.4) is 0 Å². The molecule has 2 fully saturated rings. The van der Waals surface area contributed by atoms with Crippen LogP contribution in [0.5, 0.6) is 0 Å². The molecule has 2 saturated heterocycles. The van der Waals surface area contributed by atoms with Crippen LogP contribution in [-0.2, 0) is 4.79 Å². The van der Waals surface area contributed by atoms with E-state index in [0.29, 0.717) is 6.67 Å². The fraction of sp³-hybridized carbons (Fsp3) is 0.600. The quantitative estimate of drug-likeness (QED) is 0.317. The second-order valence-electron chi connectivity index (χ2n) is 2.50. The van der Waals surface area contributed by atoms with E-state index in [2.05, 4.69) is 21.3 Å². The molecule has 11 heavy (non-hydrogen) atoms. The fourth-order valence-electron chi connectivity index (χ4n) is 1.26. The Morgan fingerprint density at radius 3 is 2.91 bits per heavy atom. The molecule has 2 atom stereocenters. The second kappa shape index (κ2) is 2.18. The highest BCUT2D eigenvalue weighted by molar-refractivity contribution is 6.00. The standard InChI is InChI=1S/C5H8N4O2/c10-4-2-3(7-1-6-2)8-5(11)9-4/h2-3,6-7H,1H2,(H2,8,9,10,11). The zero-order valence-electron chi connectivity index (χ0n) is 5.68. The van der Waals surface area contributed by atoms with Gasteiger partial charge in [0.25, 0.3) is 0 Å². The van der Waals surface area contributed by atoms with Crippen molar-refractivity contribution < 1.29 is 9.59 Å². The Morgan fingerprint density at radius 2 is 2.09 bits per heavy atom. The van der Waals surface area contributed by atoms with Crippen molar-refractivity contribution in [3.05, 3.63) is 0 Å². The molecule has 0 aromatic rings. The average molecular weight is 156 g/mol. The Morgan fingerprint density at radius 1 is 1.27 bits per heavy atom. The number of fused-ring (bicyclic) bond motifs is 1. The van der Waals surface area contributed by atoms with Crippen LogP contribution in [0.1, 0.15) is 0 Å². The normalized spacial score (nSPS) is 36.0. The molecule has 60 valence electrons. The van der Waals surface area contributed by atoms with Gasteiger partial charge in [-0.3, -0.25) is 20.7 Å². The molecular weight excluding hydrogens is 148 g/mol. The first-order valence-corrected chi connectivity index (χ1v) is 3.35. The fourth-order valence-corrected chi connectivity index (χ4v) is 1.26. The highest BCUT2D eigenvalue weighted by Crippen LogP contribution is 2.00. The van der Waals surface area contributed by atoms with Crippen molar-refractivity contribution in [2.24, 2.45) is 0 Å². The first-order valence-electron chi connectivity index (χ1n) is 3.35. The summed E-state index contributed by atoms with van der Waals surface area (Å²) in [5.41, 5.74) is 0. The highest BCUT2D eigenvalue weighted by Gasteiger charge is 2.38. The minimum absolute atomic E-state index is 0.253. The van der Waals surface area contributed by atoms with Gasteiger partial charge in [-0.15, -0.1) is 0 Å². The van der Waals surface area contributed by atoms with Gasteiger partial charge in [0.05, 0.1) is 0 Å². The van der Waals surface area contributed by atoms with Gasteiger partial charge in [0, 0.05) is 6.67 Å². The molecular formula is C5H8N4O2. The molecule has 0 saturated carbocycles. The molecule has 4 N–H and O–H groups in total. The molecule has 2 aliphatic heterocycles. The molecule has 0 aromatic carbocycles. The summed E-state index contributed by atoms with van der Waals surface area (Å²) >= 11 is 0. The lowest BCUT2D eigenvalue weighted by Gasteiger charge is -2.24. The molecule has 0 spiro atoms. The molecule has 0 bridgehead atoms. The predicted octanol–water partition coefficient (Wildman–Crippen LogP) is -2.33. The molecule has 0 aliphatic carbocycles. The van der Waals surface area contributed by atoms with Crippen molar-refractivity contribution in [2.75, 3.05) is 6.67 Å². The Balaban J connectivity index is 2.16. The maximum atomic E-state index is 11.0. The summed E-state index contributed by atoms with van der Waals surface area (Å²) in [4.78, 5) is 21.7. The van der Waals surface area contributed by atoms with Gasteiger partial charge < -0.3 is 5.32 Å². The van der Waals surface area contributed by atoms with Crippen LogP contribution in [0.4, 0.5) is 4.79 Å². The van der Waals surface area contributed by atoms with Gasteiger partial charge >= 0.3 is 6.03 Å². The van der Waals surface area contributed by atoms with Crippen molar-refractivity contribution in [1.82, 2.24) is 21.3 Å². The monoisotopic (exact) mass is 156 g/mol. The minimum Gasteiger partial charge on any atom is -0.320 e. The van der Waals surface area contributed by atoms with Gasteiger partial charge in [-0.05, 0) is 0 Å². The maximum absolute atomic E-state index is 11.0. The zero-order valence-corrected chi connectivity index (χ0v) is 5.68. The lowest BCUT2D eigenvalue weighted by molar-refractivity contribution is -0.122. The number of rotatable bonds is 0. The van der Waals surface area contributed by atoms with E-state index < -0.39 is 6.03 Å². The molecule has 6 nitrogen and oxygen atoms in total. The molecule has 3 amide bonds. The van der Waals surface area contributed by atoms with Crippen LogP contribution in [0.2, 0.25) is 0 Å². The third kappa shape index (κ3) is 0.958. The zero-order chi connectivity index (χ0) is 7.84. The number of hydrogen-bond acceptors (Lipinski definition) is 4. The van der Waals surface area contributed by atoms with E-state index in [4.69, 9.17) is 0 Å². The van der Waals surface area contributed by atoms with Crippen LogP contribution in [0.15, 0.2) is 0 Å². The Bertz CT molecular complexity index is 217. The number of imide groups is 1. The van der Waals surface area contributed by atoms with E-state index in [1.165, 1.54) is 0 Å². The summed E-state index contributed by atoms with van der Waals surface area (Å²) in [7, 11) is 0. The topological polar surface area (TPSA) is 82.3 Å². The van der Waals surface area contributed by atoms with Gasteiger partial charge in [-0.2, -0.15) is 0 Å². The first-order chi connectivity index (χ1) is 5.27. The smallest absolute Gasteiger partial charge is 0.320 e. The van der Waals surface area contributed by atoms with Crippen molar-refractivity contribution in [3.8, 4) is 0 Å². The van der Waals surface area contributed by atoms with Crippen molar-refractivity contribution in [3.63, 3.8) is 0 Å². The molecule has 2 aliphatic rings. The summed E-state index contributed by atoms with van der Waals surface area (Å²) < 4.78 is 0. The Kier molecular flexibility index (Phi) is 1.30. The van der Waals surface area contributed by atoms with E-state index in [1.54, 1.807) is 0 Å². The number of carbonyl (C=O) groups excluding carboxylic acids is 2. The molecule has 0 aromatic heterocycles. The number of urea groups is 1. The summed E-state index contributed by atoms with van der Waals surface area (Å²) in [6.07, 6.45) is -0.253. The van der Waals surface area contributed by atoms with Gasteiger partial charge in [0.15, 0.2) is 0 Å². The lowest BCUT2D eigenvalue weighted by atomic mass is 10.2. The van der Waals surface area contributed by atoms with E-state index in [-0.39, 0.29) is 18.1 Å². The van der Waals surface area contributed by atoms with Gasteiger partial charge in [-0.1, -0.05) is 0 Å². The SMILES string of the molecule is O=C1NC(=O)C2NCNC2N1. The first kappa shape index (κ1) is 6.56. The van der Waals surface area contributed by atoms with E-state index in [0.717, 1.165) is 0 Å². The van der Waals surface area contributed by atoms with Crippen LogP contribution < -0.4 is 21.3 Å². The van der Waals surface area contributed by atoms with Crippen LogP contribution in [-0.4, -0.2) is 30.8 Å². The van der Waals surface area contributed by atoms with Gasteiger partial charge in [0.2, 0.25) is 5.91 Å². The van der Waals surface area contributed by atoms with Crippen molar-refractivity contribution in [1.29, 1.82) is 0 Å². The average Bonchev–Trinajstić information content (AvgIpc) is 2.34. The van der Waals surface area contributed by atoms with Crippen LogP contribution in [0.25, 0.3) is 0 Å². The summed E-state index contributed by atoms with van der Waals surface area (Å²) in [5, 5.41) is 10.5.